The minimum atomic E-state index is 0. The number of nitrogens with two attached hydrogens (primary N) is 2. The predicted molar refractivity (Wildman–Crippen MR) is 38.9 cm³/mol. The Bertz CT molecular complexity index is 228. The Kier molecular flexibility index (Phi) is 3.95. The van der Waals surface area contributed by atoms with Crippen LogP contribution in [0.2, 0.25) is 0 Å². The Morgan fingerprint density at radius 3 is 2.50 bits per heavy atom. The molecule has 0 aliphatic heterocycles. The van der Waals surface area contributed by atoms with Gasteiger partial charge >= 0.3 is 0 Å². The third-order valence-corrected chi connectivity index (χ3v) is 1.47. The van der Waals surface area contributed by atoms with E-state index in [1.54, 1.807) is 12.3 Å². The molecule has 56 valence electrons. The highest BCUT2D eigenvalue weighted by molar-refractivity contribution is 9.10. The summed E-state index contributed by atoms with van der Waals surface area (Å²) in [5, 5.41) is 0. The molecule has 1 heterocycles. The maximum absolute atomic E-state index is 5.43. The molecule has 0 aliphatic rings. The summed E-state index contributed by atoms with van der Waals surface area (Å²) in [5.74, 6) is 5.89. The van der Waals surface area contributed by atoms with E-state index in [-0.39, 0.29) is 24.0 Å². The zero-order chi connectivity index (χ0) is 6.85. The Balaban J connectivity index is 0.000000810. The third kappa shape index (κ3) is 2.30. The van der Waals surface area contributed by atoms with Crippen molar-refractivity contribution < 1.29 is 28.7 Å². The van der Waals surface area contributed by atoms with Gasteiger partial charge < -0.3 is 24.0 Å². The van der Waals surface area contributed by atoms with E-state index in [1.165, 1.54) is 4.68 Å². The third-order valence-electron chi connectivity index (χ3n) is 0.978. The Hall–Kier alpha value is -0.0400. The molecule has 0 amide bonds. The summed E-state index contributed by atoms with van der Waals surface area (Å²) in [6.45, 7) is 0. The minimum absolute atomic E-state index is 0. The van der Waals surface area contributed by atoms with E-state index < -0.39 is 0 Å². The molecule has 10 heavy (non-hydrogen) atoms. The first-order chi connectivity index (χ1) is 4.20. The smallest absolute Gasteiger partial charge is 0.296 e. The van der Waals surface area contributed by atoms with E-state index in [4.69, 9.17) is 11.6 Å². The Morgan fingerprint density at radius 1 is 1.50 bits per heavy atom. The summed E-state index contributed by atoms with van der Waals surface area (Å²) in [4.78, 5) is 0. The van der Waals surface area contributed by atoms with Gasteiger partial charge in [-0.15, -0.1) is 4.68 Å². The standard InChI is InChI=1S/C5H6BrN3.HI/c6-4-1-2-9(8)5(7)3-4;/h1-3,7H,8H2;1H. The van der Waals surface area contributed by atoms with Crippen LogP contribution in [0.3, 0.4) is 0 Å². The average molecular weight is 316 g/mol. The molecule has 0 aromatic carbocycles. The predicted octanol–water partition coefficient (Wildman–Crippen LogP) is -2.96. The van der Waals surface area contributed by atoms with Gasteiger partial charge in [0, 0.05) is 10.5 Å². The number of rotatable bonds is 0. The fourth-order valence-electron chi connectivity index (χ4n) is 0.501. The van der Waals surface area contributed by atoms with Gasteiger partial charge in [0.25, 0.3) is 5.82 Å². The highest BCUT2D eigenvalue weighted by atomic mass is 127. The maximum Gasteiger partial charge on any atom is 0.296 e. The molecule has 0 bridgehead atoms. The van der Waals surface area contributed by atoms with E-state index in [9.17, 15) is 0 Å². The molecule has 0 atom stereocenters. The van der Waals surface area contributed by atoms with Crippen LogP contribution in [-0.4, -0.2) is 0 Å². The summed E-state index contributed by atoms with van der Waals surface area (Å²) in [6, 6.07) is 3.55. The second-order valence-electron chi connectivity index (χ2n) is 1.68. The van der Waals surface area contributed by atoms with Crippen molar-refractivity contribution in [2.24, 2.45) is 0 Å². The zero-order valence-corrected chi connectivity index (χ0v) is 8.83. The molecular formula is C5H7BrIN3. The van der Waals surface area contributed by atoms with Crippen LogP contribution < -0.4 is 40.2 Å². The molecule has 0 radical (unpaired) electrons. The average Bonchev–Trinajstić information content (AvgIpc) is 1.80. The number of nitrogens with zero attached hydrogens (tertiary/aromatic N) is 1. The van der Waals surface area contributed by atoms with Crippen LogP contribution in [0.15, 0.2) is 22.8 Å². The molecule has 3 nitrogen and oxygen atoms in total. The van der Waals surface area contributed by atoms with Gasteiger partial charge in [0.05, 0.1) is 0 Å². The summed E-state index contributed by atoms with van der Waals surface area (Å²) >= 11 is 3.25. The van der Waals surface area contributed by atoms with Crippen LogP contribution in [0.25, 0.3) is 0 Å². The molecule has 1 aromatic heterocycles. The van der Waals surface area contributed by atoms with E-state index in [0.717, 1.165) is 4.47 Å². The second-order valence-corrected chi connectivity index (χ2v) is 2.59. The molecule has 0 saturated heterocycles. The fourth-order valence-corrected chi connectivity index (χ4v) is 0.854. The number of hydrogen-bond donors (Lipinski definition) is 2. The van der Waals surface area contributed by atoms with Gasteiger partial charge in [0.1, 0.15) is 6.20 Å². The molecule has 0 aliphatic carbocycles. The summed E-state index contributed by atoms with van der Waals surface area (Å²) < 4.78 is 2.28. The highest BCUT2D eigenvalue weighted by Crippen LogP contribution is 2.07. The lowest BCUT2D eigenvalue weighted by Crippen LogP contribution is -3.00. The molecular weight excluding hydrogens is 309 g/mol. The Morgan fingerprint density at radius 2 is 2.10 bits per heavy atom. The second kappa shape index (κ2) is 3.97. The summed E-state index contributed by atoms with van der Waals surface area (Å²) in [7, 11) is 0. The van der Waals surface area contributed by atoms with E-state index >= 15 is 0 Å². The van der Waals surface area contributed by atoms with Gasteiger partial charge in [-0.2, -0.15) is 0 Å². The molecule has 0 unspecified atom stereocenters. The van der Waals surface area contributed by atoms with Gasteiger partial charge in [0.2, 0.25) is 0 Å². The molecule has 5 heteroatoms. The van der Waals surface area contributed by atoms with Crippen molar-refractivity contribution in [1.82, 2.24) is 0 Å². The first-order valence-corrected chi connectivity index (χ1v) is 3.21. The van der Waals surface area contributed by atoms with Crippen LogP contribution in [0, 0.1) is 0 Å². The van der Waals surface area contributed by atoms with Crippen LogP contribution in [0.4, 0.5) is 5.82 Å². The first kappa shape index (κ1) is 9.96. The highest BCUT2D eigenvalue weighted by Gasteiger charge is 1.97. The molecule has 0 saturated carbocycles. The minimum Gasteiger partial charge on any atom is -1.00 e. The van der Waals surface area contributed by atoms with E-state index in [2.05, 4.69) is 15.9 Å². The van der Waals surface area contributed by atoms with Crippen LogP contribution >= 0.6 is 15.9 Å². The van der Waals surface area contributed by atoms with Crippen molar-refractivity contribution in [1.29, 1.82) is 0 Å². The van der Waals surface area contributed by atoms with Crippen LogP contribution in [-0.2, 0) is 0 Å². The quantitative estimate of drug-likeness (QED) is 0.305. The number of aromatic nitrogens is 1. The SMILES string of the molecule is Nc1cc(Br)cc[n+]1N.[I-]. The maximum atomic E-state index is 5.43. The van der Waals surface area contributed by atoms with E-state index in [0.29, 0.717) is 5.82 Å². The molecule has 1 aromatic rings. The Labute approximate surface area is 84.5 Å². The van der Waals surface area contributed by atoms with Crippen molar-refractivity contribution in [3.8, 4) is 0 Å². The van der Waals surface area contributed by atoms with Crippen molar-refractivity contribution in [3.63, 3.8) is 0 Å². The monoisotopic (exact) mass is 315 g/mol. The van der Waals surface area contributed by atoms with Crippen molar-refractivity contribution in [2.75, 3.05) is 11.6 Å². The number of anilines is 1. The summed E-state index contributed by atoms with van der Waals surface area (Å²) in [6.07, 6.45) is 1.68. The largest absolute Gasteiger partial charge is 1.00 e. The molecule has 0 spiro atoms. The normalized spacial score (nSPS) is 8.50. The van der Waals surface area contributed by atoms with Gasteiger partial charge in [-0.25, -0.2) is 0 Å². The lowest BCUT2D eigenvalue weighted by atomic mass is 10.5. The van der Waals surface area contributed by atoms with Crippen molar-refractivity contribution >= 4 is 21.7 Å². The molecule has 4 N–H and O–H groups in total. The number of hydrogen-bond acceptors (Lipinski definition) is 2. The first-order valence-electron chi connectivity index (χ1n) is 2.42. The summed E-state index contributed by atoms with van der Waals surface area (Å²) in [5.41, 5.74) is 5.43. The molecule has 0 fully saturated rings. The fraction of sp³-hybridized carbons (Fsp3) is 0. The lowest BCUT2D eigenvalue weighted by molar-refractivity contribution is -0.623. The van der Waals surface area contributed by atoms with Gasteiger partial charge in [-0.3, -0.25) is 11.6 Å². The number of halogens is 2. The topological polar surface area (TPSA) is 55.9 Å². The van der Waals surface area contributed by atoms with Crippen molar-refractivity contribution in [2.45, 2.75) is 0 Å². The zero-order valence-electron chi connectivity index (χ0n) is 5.09. The van der Waals surface area contributed by atoms with Crippen LogP contribution in [0.5, 0.6) is 0 Å². The lowest BCUT2D eigenvalue weighted by Gasteiger charge is -1.92. The number of pyridine rings is 1. The van der Waals surface area contributed by atoms with Gasteiger partial charge in [0.15, 0.2) is 0 Å². The number of nitrogen functional groups attached to an aromatic ring is 2. The molecule has 1 rings (SSSR count). The van der Waals surface area contributed by atoms with E-state index in [1.807, 2.05) is 6.07 Å². The van der Waals surface area contributed by atoms with Crippen molar-refractivity contribution in [3.05, 3.63) is 22.8 Å². The van der Waals surface area contributed by atoms with Gasteiger partial charge in [-0.1, -0.05) is 15.9 Å². The van der Waals surface area contributed by atoms with Gasteiger partial charge in [-0.05, 0) is 6.07 Å². The van der Waals surface area contributed by atoms with Crippen LogP contribution in [0.1, 0.15) is 0 Å².